The summed E-state index contributed by atoms with van der Waals surface area (Å²) in [5, 5.41) is 11.6. The third-order valence-electron chi connectivity index (χ3n) is 6.37. The largest absolute Gasteiger partial charge is 0.466 e. The van der Waals surface area contributed by atoms with Gasteiger partial charge in [-0.15, -0.1) is 0 Å². The van der Waals surface area contributed by atoms with Crippen LogP contribution in [0.4, 0.5) is 11.5 Å². The van der Waals surface area contributed by atoms with Crippen molar-refractivity contribution in [2.24, 2.45) is 5.92 Å². The predicted octanol–water partition coefficient (Wildman–Crippen LogP) is 5.22. The lowest BCUT2D eigenvalue weighted by Gasteiger charge is -2.31. The fourth-order valence-electron chi connectivity index (χ4n) is 4.63. The van der Waals surface area contributed by atoms with Crippen LogP contribution in [0.1, 0.15) is 56.9 Å². The molecule has 0 unspecified atom stereocenters. The summed E-state index contributed by atoms with van der Waals surface area (Å²) in [5.74, 6) is 1.49. The first kappa shape index (κ1) is 22.0. The Hall–Kier alpha value is -3.16. The zero-order chi connectivity index (χ0) is 22.5. The summed E-state index contributed by atoms with van der Waals surface area (Å²) in [6.45, 7) is 3.13. The Balaban J connectivity index is 1.47. The Morgan fingerprint density at radius 2 is 1.78 bits per heavy atom. The Morgan fingerprint density at radius 1 is 1.09 bits per heavy atom. The van der Waals surface area contributed by atoms with Gasteiger partial charge in [0.2, 0.25) is 11.7 Å². The van der Waals surface area contributed by atoms with Crippen LogP contribution in [-0.4, -0.2) is 35.6 Å². The number of rotatable bonds is 7. The van der Waals surface area contributed by atoms with E-state index in [0.717, 1.165) is 0 Å². The number of esters is 1. The lowest BCUT2D eigenvalue weighted by atomic mass is 9.97. The van der Waals surface area contributed by atoms with Gasteiger partial charge in [-0.3, -0.25) is 14.9 Å². The second kappa shape index (κ2) is 9.97. The normalized spacial score (nSPS) is 17.3. The molecule has 4 rings (SSSR count). The summed E-state index contributed by atoms with van der Waals surface area (Å²) in [7, 11) is 0. The number of carbonyl (C=O) groups is 1. The highest BCUT2D eigenvalue weighted by Gasteiger charge is 2.30. The highest BCUT2D eigenvalue weighted by molar-refractivity contribution is 5.73. The SMILES string of the molecule is CCOC(=O)C1CCN(c2nc(Oc3ccc(C4CCCC4)cc3)ccc2[N+](=O)[O-])CC1. The summed E-state index contributed by atoms with van der Waals surface area (Å²) < 4.78 is 11.0. The molecule has 0 amide bonds. The second-order valence-electron chi connectivity index (χ2n) is 8.42. The number of ether oxygens (including phenoxy) is 2. The van der Waals surface area contributed by atoms with Crippen LogP contribution in [-0.2, 0) is 9.53 Å². The number of anilines is 1. The number of hydrogen-bond donors (Lipinski definition) is 0. The van der Waals surface area contributed by atoms with Crippen molar-refractivity contribution in [1.82, 2.24) is 4.98 Å². The first-order valence-electron chi connectivity index (χ1n) is 11.4. The number of carbonyl (C=O) groups excluding carboxylic acids is 1. The number of aromatic nitrogens is 1. The Bertz CT molecular complexity index is 949. The van der Waals surface area contributed by atoms with E-state index in [0.29, 0.717) is 50.1 Å². The smallest absolute Gasteiger partial charge is 0.311 e. The maximum Gasteiger partial charge on any atom is 0.311 e. The van der Waals surface area contributed by atoms with Gasteiger partial charge in [-0.1, -0.05) is 25.0 Å². The minimum atomic E-state index is -0.431. The molecule has 1 saturated carbocycles. The van der Waals surface area contributed by atoms with E-state index >= 15 is 0 Å². The predicted molar refractivity (Wildman–Crippen MR) is 120 cm³/mol. The molecule has 8 nitrogen and oxygen atoms in total. The fraction of sp³-hybridized carbons (Fsp3) is 0.500. The van der Waals surface area contributed by atoms with Gasteiger partial charge in [0.25, 0.3) is 0 Å². The molecule has 0 N–H and O–H groups in total. The van der Waals surface area contributed by atoms with E-state index in [-0.39, 0.29) is 23.4 Å². The number of nitrogens with zero attached hydrogens (tertiary/aromatic N) is 3. The molecule has 2 heterocycles. The Labute approximate surface area is 187 Å². The molecule has 8 heteroatoms. The maximum absolute atomic E-state index is 12.0. The molecule has 1 aromatic heterocycles. The Morgan fingerprint density at radius 3 is 2.41 bits per heavy atom. The number of pyridine rings is 1. The molecule has 2 fully saturated rings. The maximum atomic E-state index is 12.0. The number of hydrogen-bond acceptors (Lipinski definition) is 7. The van der Waals surface area contributed by atoms with Crippen LogP contribution in [0, 0.1) is 16.0 Å². The van der Waals surface area contributed by atoms with Gasteiger partial charge >= 0.3 is 11.7 Å². The second-order valence-corrected chi connectivity index (χ2v) is 8.42. The summed E-state index contributed by atoms with van der Waals surface area (Å²) in [6.07, 6.45) is 6.20. The molecular formula is C24H29N3O5. The third-order valence-corrected chi connectivity index (χ3v) is 6.37. The van der Waals surface area contributed by atoms with Crippen molar-refractivity contribution in [1.29, 1.82) is 0 Å². The molecule has 1 aliphatic carbocycles. The highest BCUT2D eigenvalue weighted by Crippen LogP contribution is 2.36. The van der Waals surface area contributed by atoms with Crippen molar-refractivity contribution in [3.05, 3.63) is 52.1 Å². The molecule has 1 saturated heterocycles. The molecule has 0 atom stereocenters. The average Bonchev–Trinajstić information content (AvgIpc) is 3.35. The van der Waals surface area contributed by atoms with Crippen molar-refractivity contribution >= 4 is 17.5 Å². The van der Waals surface area contributed by atoms with Gasteiger partial charge in [-0.05, 0) is 56.2 Å². The van der Waals surface area contributed by atoms with E-state index in [2.05, 4.69) is 17.1 Å². The van der Waals surface area contributed by atoms with Crippen molar-refractivity contribution in [2.45, 2.75) is 51.4 Å². The van der Waals surface area contributed by atoms with E-state index in [1.807, 2.05) is 17.0 Å². The number of benzene rings is 1. The lowest BCUT2D eigenvalue weighted by Crippen LogP contribution is -2.37. The van der Waals surface area contributed by atoms with Crippen molar-refractivity contribution in [3.63, 3.8) is 0 Å². The highest BCUT2D eigenvalue weighted by atomic mass is 16.6. The Kier molecular flexibility index (Phi) is 6.87. The molecule has 170 valence electrons. The molecule has 2 aromatic rings. The van der Waals surface area contributed by atoms with Crippen molar-refractivity contribution in [3.8, 4) is 11.6 Å². The van der Waals surface area contributed by atoms with E-state index in [1.165, 1.54) is 43.4 Å². The first-order chi connectivity index (χ1) is 15.5. The van der Waals surface area contributed by atoms with Gasteiger partial charge in [0.05, 0.1) is 17.4 Å². The van der Waals surface area contributed by atoms with Crippen LogP contribution < -0.4 is 9.64 Å². The van der Waals surface area contributed by atoms with Crippen molar-refractivity contribution < 1.29 is 19.2 Å². The van der Waals surface area contributed by atoms with E-state index in [4.69, 9.17) is 9.47 Å². The van der Waals surface area contributed by atoms with Crippen LogP contribution >= 0.6 is 0 Å². The van der Waals surface area contributed by atoms with Gasteiger partial charge in [-0.25, -0.2) is 0 Å². The fourth-order valence-corrected chi connectivity index (χ4v) is 4.63. The van der Waals surface area contributed by atoms with Gasteiger partial charge in [0.15, 0.2) is 0 Å². The summed E-state index contributed by atoms with van der Waals surface area (Å²) in [5.41, 5.74) is 1.26. The van der Waals surface area contributed by atoms with E-state index < -0.39 is 4.92 Å². The molecular weight excluding hydrogens is 410 g/mol. The van der Waals surface area contributed by atoms with Crippen LogP contribution in [0.25, 0.3) is 0 Å². The summed E-state index contributed by atoms with van der Waals surface area (Å²) >= 11 is 0. The van der Waals surface area contributed by atoms with Crippen molar-refractivity contribution in [2.75, 3.05) is 24.6 Å². The third kappa shape index (κ3) is 5.00. The van der Waals surface area contributed by atoms with Gasteiger partial charge in [0, 0.05) is 25.2 Å². The monoisotopic (exact) mass is 439 g/mol. The zero-order valence-corrected chi connectivity index (χ0v) is 18.4. The topological polar surface area (TPSA) is 94.8 Å². The number of piperidine rings is 1. The lowest BCUT2D eigenvalue weighted by molar-refractivity contribution is -0.384. The minimum Gasteiger partial charge on any atom is -0.466 e. The molecule has 0 spiro atoms. The molecule has 32 heavy (non-hydrogen) atoms. The average molecular weight is 440 g/mol. The molecule has 0 radical (unpaired) electrons. The summed E-state index contributed by atoms with van der Waals surface area (Å²) in [6, 6.07) is 11.0. The molecule has 1 aromatic carbocycles. The first-order valence-corrected chi connectivity index (χ1v) is 11.4. The van der Waals surface area contributed by atoms with Crippen LogP contribution in [0.5, 0.6) is 11.6 Å². The zero-order valence-electron chi connectivity index (χ0n) is 18.4. The van der Waals surface area contributed by atoms with E-state index in [1.54, 1.807) is 6.92 Å². The van der Waals surface area contributed by atoms with Crippen LogP contribution in [0.15, 0.2) is 36.4 Å². The quantitative estimate of drug-likeness (QED) is 0.332. The van der Waals surface area contributed by atoms with Gasteiger partial charge < -0.3 is 14.4 Å². The van der Waals surface area contributed by atoms with Gasteiger partial charge in [0.1, 0.15) is 5.75 Å². The standard InChI is InChI=1S/C24H29N3O5/c1-2-31-24(28)19-13-15-26(16-14-19)23-21(27(29)30)11-12-22(25-23)32-20-9-7-18(8-10-20)17-5-3-4-6-17/h7-12,17,19H,2-6,13-16H2,1H3. The van der Waals surface area contributed by atoms with Gasteiger partial charge in [-0.2, -0.15) is 4.98 Å². The van der Waals surface area contributed by atoms with Crippen LogP contribution in [0.2, 0.25) is 0 Å². The van der Waals surface area contributed by atoms with E-state index in [9.17, 15) is 14.9 Å². The number of nitro groups is 1. The molecule has 0 bridgehead atoms. The summed E-state index contributed by atoms with van der Waals surface area (Å²) in [4.78, 5) is 29.5. The molecule has 1 aliphatic heterocycles. The molecule has 2 aliphatic rings. The minimum absolute atomic E-state index is 0.0662. The van der Waals surface area contributed by atoms with Crippen LogP contribution in [0.3, 0.4) is 0 Å².